The second kappa shape index (κ2) is 3.47. The summed E-state index contributed by atoms with van der Waals surface area (Å²) in [5, 5.41) is 1.19. The Bertz CT molecular complexity index is 839. The molecule has 0 amide bonds. The number of nitrogens with zero attached hydrogens (tertiary/aromatic N) is 2. The summed E-state index contributed by atoms with van der Waals surface area (Å²) >= 11 is 0. The highest BCUT2D eigenvalue weighted by Gasteiger charge is 2.07. The largest absolute Gasteiger partial charge is 0.345 e. The van der Waals surface area contributed by atoms with Gasteiger partial charge in [0.15, 0.2) is 0 Å². The van der Waals surface area contributed by atoms with Gasteiger partial charge >= 0.3 is 0 Å². The lowest BCUT2D eigenvalue weighted by Gasteiger charge is -2.06. The van der Waals surface area contributed by atoms with E-state index in [0.717, 1.165) is 16.7 Å². The number of fused-ring (bicyclic) bond motifs is 2. The molecular formula is C15H10N3. The number of para-hydroxylation sites is 1. The van der Waals surface area contributed by atoms with Crippen LogP contribution in [0.25, 0.3) is 27.6 Å². The molecule has 0 saturated heterocycles. The van der Waals surface area contributed by atoms with E-state index >= 15 is 0 Å². The Labute approximate surface area is 104 Å². The van der Waals surface area contributed by atoms with Crippen LogP contribution in [0.3, 0.4) is 0 Å². The van der Waals surface area contributed by atoms with E-state index in [4.69, 9.17) is 0 Å². The van der Waals surface area contributed by atoms with Crippen LogP contribution < -0.4 is 0 Å². The summed E-state index contributed by atoms with van der Waals surface area (Å²) in [6.45, 7) is 0. The summed E-state index contributed by atoms with van der Waals surface area (Å²) in [4.78, 5) is 7.54. The van der Waals surface area contributed by atoms with Gasteiger partial charge in [-0.1, -0.05) is 12.1 Å². The van der Waals surface area contributed by atoms with Crippen LogP contribution in [0.15, 0.2) is 55.0 Å². The topological polar surface area (TPSA) is 33.6 Å². The maximum atomic E-state index is 4.40. The zero-order chi connectivity index (χ0) is 11.9. The van der Waals surface area contributed by atoms with Crippen molar-refractivity contribution in [3.63, 3.8) is 0 Å². The number of H-pyrrole nitrogens is 1. The van der Waals surface area contributed by atoms with Crippen molar-refractivity contribution in [2.24, 2.45) is 0 Å². The van der Waals surface area contributed by atoms with Crippen LogP contribution >= 0.6 is 0 Å². The lowest BCUT2D eigenvalue weighted by Crippen LogP contribution is -1.92. The first kappa shape index (κ1) is 9.48. The molecule has 3 heteroatoms. The lowest BCUT2D eigenvalue weighted by atomic mass is 10.2. The van der Waals surface area contributed by atoms with Crippen molar-refractivity contribution in [3.8, 4) is 5.69 Å². The predicted octanol–water partition coefficient (Wildman–Crippen LogP) is 3.31. The fourth-order valence-electron chi connectivity index (χ4n) is 2.38. The van der Waals surface area contributed by atoms with Crippen LogP contribution in [0.1, 0.15) is 0 Å². The number of hydrogen-bond donors (Lipinski definition) is 1. The summed E-state index contributed by atoms with van der Waals surface area (Å²) in [5.41, 5.74) is 4.30. The smallest absolute Gasteiger partial charge is 0.112 e. The molecule has 0 atom stereocenters. The van der Waals surface area contributed by atoms with Gasteiger partial charge in [-0.25, -0.2) is 4.98 Å². The van der Waals surface area contributed by atoms with Crippen molar-refractivity contribution < 1.29 is 0 Å². The molecule has 0 saturated carbocycles. The minimum atomic E-state index is 0.989. The summed E-state index contributed by atoms with van der Waals surface area (Å²) in [5.74, 6) is 0. The van der Waals surface area contributed by atoms with E-state index in [9.17, 15) is 0 Å². The third-order valence-corrected chi connectivity index (χ3v) is 3.22. The molecular weight excluding hydrogens is 222 g/mol. The van der Waals surface area contributed by atoms with E-state index in [-0.39, 0.29) is 0 Å². The molecule has 0 fully saturated rings. The normalized spacial score (nSPS) is 11.3. The highest BCUT2D eigenvalue weighted by atomic mass is 15.0. The highest BCUT2D eigenvalue weighted by molar-refractivity contribution is 5.88. The molecule has 1 radical (unpaired) electrons. The number of aromatic amines is 1. The molecule has 4 aromatic rings. The Morgan fingerprint density at radius 1 is 1.17 bits per heavy atom. The second-order valence-corrected chi connectivity index (χ2v) is 4.25. The fourth-order valence-corrected chi connectivity index (χ4v) is 2.38. The van der Waals surface area contributed by atoms with Crippen molar-refractivity contribution >= 4 is 21.9 Å². The van der Waals surface area contributed by atoms with Crippen molar-refractivity contribution in [1.29, 1.82) is 0 Å². The average molecular weight is 232 g/mol. The van der Waals surface area contributed by atoms with E-state index in [1.165, 1.54) is 10.9 Å². The van der Waals surface area contributed by atoms with E-state index in [1.54, 1.807) is 6.33 Å². The molecule has 0 aliphatic heterocycles. The van der Waals surface area contributed by atoms with Gasteiger partial charge in [-0.2, -0.15) is 0 Å². The molecule has 85 valence electrons. The molecule has 0 aliphatic carbocycles. The summed E-state index contributed by atoms with van der Waals surface area (Å²) in [6.07, 6.45) is 3.80. The SMILES string of the molecule is [c]1ccc2c(c1)ccn2-c1cccc2[nH]cnc12. The molecule has 2 aromatic carbocycles. The molecule has 3 nitrogen and oxygen atoms in total. The van der Waals surface area contributed by atoms with E-state index in [1.807, 2.05) is 24.3 Å². The van der Waals surface area contributed by atoms with E-state index < -0.39 is 0 Å². The Hall–Kier alpha value is -2.55. The van der Waals surface area contributed by atoms with Crippen LogP contribution in [0, 0.1) is 6.07 Å². The van der Waals surface area contributed by atoms with Gasteiger partial charge in [-0.3, -0.25) is 0 Å². The Kier molecular flexibility index (Phi) is 1.83. The zero-order valence-corrected chi connectivity index (χ0v) is 9.59. The molecule has 4 rings (SSSR count). The predicted molar refractivity (Wildman–Crippen MR) is 71.8 cm³/mol. The molecule has 2 aromatic heterocycles. The molecule has 0 spiro atoms. The summed E-state index contributed by atoms with van der Waals surface area (Å²) in [7, 11) is 0. The Balaban J connectivity index is 2.10. The zero-order valence-electron chi connectivity index (χ0n) is 9.59. The summed E-state index contributed by atoms with van der Waals surface area (Å²) in [6, 6.07) is 17.3. The molecule has 0 aliphatic rings. The van der Waals surface area contributed by atoms with Crippen LogP contribution in [0.2, 0.25) is 0 Å². The molecule has 1 N–H and O–H groups in total. The standard InChI is InChI=1S/C15H10N3/c1-2-6-13-11(4-1)8-9-18(13)14-7-3-5-12-15(14)17-10-16-12/h2-10H,(H,16,17). The first-order valence-electron chi connectivity index (χ1n) is 5.83. The van der Waals surface area contributed by atoms with Gasteiger partial charge in [0.25, 0.3) is 0 Å². The number of hydrogen-bond acceptors (Lipinski definition) is 1. The van der Waals surface area contributed by atoms with Crippen molar-refractivity contribution in [2.45, 2.75) is 0 Å². The number of aromatic nitrogens is 3. The van der Waals surface area contributed by atoms with Crippen LogP contribution in [0.4, 0.5) is 0 Å². The van der Waals surface area contributed by atoms with Crippen molar-refractivity contribution in [3.05, 3.63) is 61.1 Å². The fraction of sp³-hybridized carbons (Fsp3) is 0. The molecule has 18 heavy (non-hydrogen) atoms. The summed E-state index contributed by atoms with van der Waals surface area (Å²) < 4.78 is 2.16. The lowest BCUT2D eigenvalue weighted by molar-refractivity contribution is 1.14. The van der Waals surface area contributed by atoms with Gasteiger partial charge in [-0.05, 0) is 36.4 Å². The first-order chi connectivity index (χ1) is 8.93. The number of imidazole rings is 1. The van der Waals surface area contributed by atoms with Crippen molar-refractivity contribution in [2.75, 3.05) is 0 Å². The minimum absolute atomic E-state index is 0.989. The third kappa shape index (κ3) is 1.21. The van der Waals surface area contributed by atoms with Gasteiger partial charge < -0.3 is 9.55 Å². The number of rotatable bonds is 1. The molecule has 0 bridgehead atoms. The molecule has 0 unspecified atom stereocenters. The quantitative estimate of drug-likeness (QED) is 0.536. The second-order valence-electron chi connectivity index (χ2n) is 4.25. The van der Waals surface area contributed by atoms with Crippen LogP contribution in [0.5, 0.6) is 0 Å². The average Bonchev–Trinajstić information content (AvgIpc) is 3.05. The maximum absolute atomic E-state index is 4.40. The minimum Gasteiger partial charge on any atom is -0.345 e. The maximum Gasteiger partial charge on any atom is 0.112 e. The van der Waals surface area contributed by atoms with Crippen LogP contribution in [-0.2, 0) is 0 Å². The number of benzene rings is 2. The molecule has 2 heterocycles. The van der Waals surface area contributed by atoms with Gasteiger partial charge in [0, 0.05) is 11.6 Å². The van der Waals surface area contributed by atoms with Gasteiger partial charge in [0.1, 0.15) is 5.52 Å². The van der Waals surface area contributed by atoms with Gasteiger partial charge in [0.2, 0.25) is 0 Å². The Morgan fingerprint density at radius 2 is 2.17 bits per heavy atom. The van der Waals surface area contributed by atoms with Crippen LogP contribution in [-0.4, -0.2) is 14.5 Å². The first-order valence-corrected chi connectivity index (χ1v) is 5.83. The highest BCUT2D eigenvalue weighted by Crippen LogP contribution is 2.24. The van der Waals surface area contributed by atoms with E-state index in [2.05, 4.69) is 45.0 Å². The van der Waals surface area contributed by atoms with Crippen molar-refractivity contribution in [1.82, 2.24) is 14.5 Å². The monoisotopic (exact) mass is 232 g/mol. The van der Waals surface area contributed by atoms with Gasteiger partial charge in [0.05, 0.1) is 23.0 Å². The third-order valence-electron chi connectivity index (χ3n) is 3.22. The van der Waals surface area contributed by atoms with Gasteiger partial charge in [-0.15, -0.1) is 0 Å². The van der Waals surface area contributed by atoms with E-state index in [0.29, 0.717) is 0 Å². The number of nitrogens with one attached hydrogen (secondary N) is 1. The Morgan fingerprint density at radius 3 is 3.17 bits per heavy atom.